The van der Waals surface area contributed by atoms with Gasteiger partial charge in [0, 0.05) is 11.9 Å². The fraction of sp³-hybridized carbons (Fsp3) is 0.636. The molecule has 0 aromatic carbocycles. The molecule has 16 heavy (non-hydrogen) atoms. The zero-order valence-corrected chi connectivity index (χ0v) is 10.9. The summed E-state index contributed by atoms with van der Waals surface area (Å²) in [5.41, 5.74) is 0.537. The molecule has 0 radical (unpaired) electrons. The van der Waals surface area contributed by atoms with Crippen LogP contribution in [0.2, 0.25) is 0 Å². The molecule has 0 aliphatic carbocycles. The minimum Gasteiger partial charge on any atom is -0.351 e. The first-order chi connectivity index (χ1) is 7.59. The molecule has 1 rings (SSSR count). The first-order valence-electron chi connectivity index (χ1n) is 5.44. The van der Waals surface area contributed by atoms with Gasteiger partial charge in [-0.15, -0.1) is 11.3 Å². The van der Waals surface area contributed by atoms with Crippen LogP contribution >= 0.6 is 11.3 Å². The quantitative estimate of drug-likeness (QED) is 0.768. The maximum absolute atomic E-state index is 11.6. The number of nitrogens with zero attached hydrogens (tertiary/aromatic N) is 2. The third-order valence-corrected chi connectivity index (χ3v) is 2.94. The SMILES string of the molecule is Cc1nc(C(=O)NCCCCN(C)C)cs1. The van der Waals surface area contributed by atoms with Crippen LogP contribution in [0.15, 0.2) is 5.38 Å². The summed E-state index contributed by atoms with van der Waals surface area (Å²) in [5, 5.41) is 5.60. The van der Waals surface area contributed by atoms with Crippen LogP contribution < -0.4 is 5.32 Å². The molecule has 0 unspecified atom stereocenters. The maximum Gasteiger partial charge on any atom is 0.270 e. The minimum atomic E-state index is -0.0609. The van der Waals surface area contributed by atoms with E-state index < -0.39 is 0 Å². The summed E-state index contributed by atoms with van der Waals surface area (Å²) in [6, 6.07) is 0. The lowest BCUT2D eigenvalue weighted by Crippen LogP contribution is -2.25. The second-order valence-corrected chi connectivity index (χ2v) is 5.08. The lowest BCUT2D eigenvalue weighted by atomic mass is 10.3. The highest BCUT2D eigenvalue weighted by Gasteiger charge is 2.07. The van der Waals surface area contributed by atoms with Crippen LogP contribution in [0.4, 0.5) is 0 Å². The van der Waals surface area contributed by atoms with Crippen LogP contribution in [0.5, 0.6) is 0 Å². The molecule has 90 valence electrons. The molecule has 1 amide bonds. The number of carbonyl (C=O) groups is 1. The molecule has 1 N–H and O–H groups in total. The Morgan fingerprint density at radius 3 is 2.81 bits per heavy atom. The van der Waals surface area contributed by atoms with Crippen molar-refractivity contribution in [3.05, 3.63) is 16.1 Å². The highest BCUT2D eigenvalue weighted by Crippen LogP contribution is 2.07. The summed E-state index contributed by atoms with van der Waals surface area (Å²) in [6.45, 7) is 3.69. The third kappa shape index (κ3) is 4.72. The van der Waals surface area contributed by atoms with Crippen molar-refractivity contribution in [2.24, 2.45) is 0 Å². The molecule has 1 aromatic rings. The Balaban J connectivity index is 2.16. The van der Waals surface area contributed by atoms with Gasteiger partial charge in [-0.2, -0.15) is 0 Å². The second kappa shape index (κ2) is 6.60. The van der Waals surface area contributed by atoms with E-state index in [0.717, 1.165) is 30.9 Å². The van der Waals surface area contributed by atoms with E-state index in [1.54, 1.807) is 5.38 Å². The monoisotopic (exact) mass is 241 g/mol. The Bertz CT molecular complexity index is 336. The number of nitrogens with one attached hydrogen (secondary N) is 1. The highest BCUT2D eigenvalue weighted by atomic mass is 32.1. The van der Waals surface area contributed by atoms with Crippen LogP contribution in [-0.4, -0.2) is 43.0 Å². The van der Waals surface area contributed by atoms with Gasteiger partial charge >= 0.3 is 0 Å². The van der Waals surface area contributed by atoms with Crippen molar-refractivity contribution in [2.45, 2.75) is 19.8 Å². The van der Waals surface area contributed by atoms with E-state index in [1.807, 2.05) is 6.92 Å². The Morgan fingerprint density at radius 1 is 1.50 bits per heavy atom. The number of aromatic nitrogens is 1. The van der Waals surface area contributed by atoms with Gasteiger partial charge in [-0.3, -0.25) is 4.79 Å². The number of amides is 1. The number of rotatable bonds is 6. The van der Waals surface area contributed by atoms with Crippen molar-refractivity contribution in [3.63, 3.8) is 0 Å². The molecule has 4 nitrogen and oxygen atoms in total. The summed E-state index contributed by atoms with van der Waals surface area (Å²) in [7, 11) is 4.10. The lowest BCUT2D eigenvalue weighted by molar-refractivity contribution is 0.0948. The smallest absolute Gasteiger partial charge is 0.270 e. The number of unbranched alkanes of at least 4 members (excludes halogenated alkanes) is 1. The number of hydrogen-bond donors (Lipinski definition) is 1. The van der Waals surface area contributed by atoms with Crippen molar-refractivity contribution in [1.29, 1.82) is 0 Å². The van der Waals surface area contributed by atoms with Gasteiger partial charge in [0.15, 0.2) is 0 Å². The van der Waals surface area contributed by atoms with Gasteiger partial charge in [-0.1, -0.05) is 0 Å². The zero-order valence-electron chi connectivity index (χ0n) is 10.1. The van der Waals surface area contributed by atoms with Crippen LogP contribution in [0.1, 0.15) is 28.3 Å². The number of carbonyl (C=O) groups excluding carboxylic acids is 1. The van der Waals surface area contributed by atoms with E-state index in [4.69, 9.17) is 0 Å². The van der Waals surface area contributed by atoms with E-state index in [-0.39, 0.29) is 5.91 Å². The molecule has 0 saturated heterocycles. The molecular formula is C11H19N3OS. The van der Waals surface area contributed by atoms with E-state index in [2.05, 4.69) is 29.3 Å². The minimum absolute atomic E-state index is 0.0609. The largest absolute Gasteiger partial charge is 0.351 e. The molecule has 0 aliphatic rings. The maximum atomic E-state index is 11.6. The average Bonchev–Trinajstić information content (AvgIpc) is 2.63. The summed E-state index contributed by atoms with van der Waals surface area (Å²) >= 11 is 1.50. The predicted molar refractivity (Wildman–Crippen MR) is 67.0 cm³/mol. The van der Waals surface area contributed by atoms with Crippen molar-refractivity contribution in [2.75, 3.05) is 27.2 Å². The van der Waals surface area contributed by atoms with E-state index in [9.17, 15) is 4.79 Å². The first kappa shape index (κ1) is 13.1. The molecule has 0 atom stereocenters. The van der Waals surface area contributed by atoms with Crippen LogP contribution in [0, 0.1) is 6.92 Å². The molecule has 0 saturated carbocycles. The highest BCUT2D eigenvalue weighted by molar-refractivity contribution is 7.09. The van der Waals surface area contributed by atoms with Crippen molar-refractivity contribution in [1.82, 2.24) is 15.2 Å². The summed E-state index contributed by atoms with van der Waals surface area (Å²) in [6.07, 6.45) is 2.11. The Labute approximate surface area is 101 Å². The first-order valence-corrected chi connectivity index (χ1v) is 6.32. The summed E-state index contributed by atoms with van der Waals surface area (Å²) in [4.78, 5) is 17.9. The van der Waals surface area contributed by atoms with E-state index in [1.165, 1.54) is 11.3 Å². The van der Waals surface area contributed by atoms with Crippen molar-refractivity contribution in [3.8, 4) is 0 Å². The Hall–Kier alpha value is -0.940. The van der Waals surface area contributed by atoms with Gasteiger partial charge < -0.3 is 10.2 Å². The van der Waals surface area contributed by atoms with Gasteiger partial charge in [0.1, 0.15) is 5.69 Å². The predicted octanol–water partition coefficient (Wildman–Crippen LogP) is 1.52. The van der Waals surface area contributed by atoms with Crippen LogP contribution in [0.25, 0.3) is 0 Å². The molecule has 0 spiro atoms. The lowest BCUT2D eigenvalue weighted by Gasteiger charge is -2.08. The Kier molecular flexibility index (Phi) is 5.42. The van der Waals surface area contributed by atoms with Gasteiger partial charge in [0.05, 0.1) is 5.01 Å². The number of aryl methyl sites for hydroxylation is 1. The molecule has 0 aliphatic heterocycles. The number of hydrogen-bond acceptors (Lipinski definition) is 4. The summed E-state index contributed by atoms with van der Waals surface area (Å²) in [5.74, 6) is -0.0609. The van der Waals surface area contributed by atoms with E-state index in [0.29, 0.717) is 5.69 Å². The van der Waals surface area contributed by atoms with Gasteiger partial charge in [0.2, 0.25) is 0 Å². The third-order valence-electron chi connectivity index (χ3n) is 2.17. The fourth-order valence-electron chi connectivity index (χ4n) is 1.31. The molecule has 1 aromatic heterocycles. The molecule has 5 heteroatoms. The molecule has 1 heterocycles. The van der Waals surface area contributed by atoms with Gasteiger partial charge in [0.25, 0.3) is 5.91 Å². The van der Waals surface area contributed by atoms with Gasteiger partial charge in [-0.05, 0) is 40.4 Å². The molecular weight excluding hydrogens is 222 g/mol. The topological polar surface area (TPSA) is 45.2 Å². The second-order valence-electron chi connectivity index (χ2n) is 4.02. The van der Waals surface area contributed by atoms with Gasteiger partial charge in [-0.25, -0.2) is 4.98 Å². The van der Waals surface area contributed by atoms with Crippen LogP contribution in [-0.2, 0) is 0 Å². The van der Waals surface area contributed by atoms with Crippen LogP contribution in [0.3, 0.4) is 0 Å². The molecule has 0 bridgehead atoms. The van der Waals surface area contributed by atoms with Crippen molar-refractivity contribution < 1.29 is 4.79 Å². The fourth-order valence-corrected chi connectivity index (χ4v) is 1.91. The number of thiazole rings is 1. The standard InChI is InChI=1S/C11H19N3OS/c1-9-13-10(8-16-9)11(15)12-6-4-5-7-14(2)3/h8H,4-7H2,1-3H3,(H,12,15). The summed E-state index contributed by atoms with van der Waals surface area (Å²) < 4.78 is 0. The Morgan fingerprint density at radius 2 is 2.25 bits per heavy atom. The molecule has 0 fully saturated rings. The van der Waals surface area contributed by atoms with E-state index >= 15 is 0 Å². The zero-order chi connectivity index (χ0) is 12.0. The van der Waals surface area contributed by atoms with Crippen molar-refractivity contribution >= 4 is 17.2 Å². The average molecular weight is 241 g/mol. The normalized spacial score (nSPS) is 10.8.